The van der Waals surface area contributed by atoms with Gasteiger partial charge in [0.15, 0.2) is 35.8 Å². The zero-order valence-corrected chi connectivity index (χ0v) is 86.2. The van der Waals surface area contributed by atoms with Crippen molar-refractivity contribution >= 4 is 191 Å². The van der Waals surface area contributed by atoms with E-state index in [0.29, 0.717) is 139 Å². The Hall–Kier alpha value is -12.6. The summed E-state index contributed by atoms with van der Waals surface area (Å²) in [6, 6.07) is -8.02. The van der Waals surface area contributed by atoms with Gasteiger partial charge in [-0.2, -0.15) is 0 Å². The number of primary amides is 1. The number of aliphatic hydroxyl groups excluding tert-OH is 1. The molecule has 0 saturated heterocycles. The van der Waals surface area contributed by atoms with E-state index < -0.39 is 108 Å². The third kappa shape index (κ3) is 31.7. The molecule has 139 heavy (non-hydrogen) atoms. The molecule has 0 aliphatic heterocycles. The maximum absolute atomic E-state index is 15.2. The van der Waals surface area contributed by atoms with Crippen molar-refractivity contribution in [3.05, 3.63) is 140 Å². The number of rotatable bonds is 52. The zero-order valence-electron chi connectivity index (χ0n) is 78.9. The van der Waals surface area contributed by atoms with Gasteiger partial charge in [-0.3, -0.25) is 80.9 Å². The van der Waals surface area contributed by atoms with Crippen molar-refractivity contribution in [1.82, 2.24) is 125 Å². The molecule has 47 nitrogen and oxygen atoms in total. The highest BCUT2D eigenvalue weighted by atomic mass is 32.1. The number of nitrogens with two attached hydrogens (primary N) is 7. The Morgan fingerprint density at radius 3 is 0.813 bits per heavy atom. The lowest BCUT2D eigenvalue weighted by molar-refractivity contribution is -0.119. The molecular formula is C83H121N37O10S9. The van der Waals surface area contributed by atoms with Crippen LogP contribution in [0.3, 0.4) is 0 Å². The fourth-order valence-electron chi connectivity index (χ4n) is 14.7. The van der Waals surface area contributed by atoms with Gasteiger partial charge in [-0.05, 0) is 141 Å². The maximum atomic E-state index is 15.2. The summed E-state index contributed by atoms with van der Waals surface area (Å²) in [5, 5.41) is 108. The normalized spacial score (nSPS) is 13.4. The first-order valence-corrected chi connectivity index (χ1v) is 51.6. The summed E-state index contributed by atoms with van der Waals surface area (Å²) in [4.78, 5) is 174. The van der Waals surface area contributed by atoms with E-state index in [2.05, 4.69) is 89.7 Å². The summed E-state index contributed by atoms with van der Waals surface area (Å²) < 4.78 is 0. The zero-order chi connectivity index (χ0) is 102. The summed E-state index contributed by atoms with van der Waals surface area (Å²) in [6.45, 7) is 23.3. The van der Waals surface area contributed by atoms with Crippen molar-refractivity contribution in [2.45, 2.75) is 228 Å². The summed E-state index contributed by atoms with van der Waals surface area (Å²) >= 11 is 9.87. The molecule has 1 unspecified atom stereocenters. The first-order valence-electron chi connectivity index (χ1n) is 44.2. The molecule has 56 heteroatoms. The average Bonchev–Trinajstić information content (AvgIpc) is 1.66. The number of thiazole rings is 9. The van der Waals surface area contributed by atoms with E-state index in [1.54, 1.807) is 83.1 Å². The number of carbonyl (C=O) groups excluding carboxylic acids is 9. The predicted octanol–water partition coefficient (Wildman–Crippen LogP) is 5.70. The van der Waals surface area contributed by atoms with E-state index in [4.69, 9.17) is 107 Å². The van der Waals surface area contributed by atoms with Crippen LogP contribution in [0.25, 0.3) is 0 Å². The molecule has 0 aliphatic rings. The summed E-state index contributed by atoms with van der Waals surface area (Å²) in [7, 11) is 0. The Bertz CT molecular complexity index is 5960. The average molecular weight is 2090 g/mol. The van der Waals surface area contributed by atoms with Gasteiger partial charge in [0.2, 0.25) is 5.91 Å². The van der Waals surface area contributed by atoms with Gasteiger partial charge in [0, 0.05) is 65.5 Å². The van der Waals surface area contributed by atoms with Crippen molar-refractivity contribution in [3.63, 3.8) is 0 Å². The molecule has 752 valence electrons. The lowest BCUT2D eigenvalue weighted by Gasteiger charge is -2.24. The van der Waals surface area contributed by atoms with Crippen LogP contribution in [-0.4, -0.2) is 178 Å². The topological polar surface area (TPSA) is 796 Å². The number of aliphatic hydroxyl groups is 1. The Kier molecular flexibility index (Phi) is 40.7. The molecule has 0 fully saturated rings. The first-order chi connectivity index (χ1) is 65.7. The van der Waals surface area contributed by atoms with Crippen LogP contribution in [0.1, 0.15) is 345 Å². The number of hydrogen-bond donors (Lipinski definition) is 29. The van der Waals surface area contributed by atoms with Crippen molar-refractivity contribution in [3.8, 4) is 0 Å². The van der Waals surface area contributed by atoms with Crippen LogP contribution in [0.5, 0.6) is 0 Å². The van der Waals surface area contributed by atoms with Crippen LogP contribution in [-0.2, 0) is 24.1 Å². The summed E-state index contributed by atoms with van der Waals surface area (Å²) in [5.41, 5.74) is 41.6. The lowest BCUT2D eigenvalue weighted by atomic mass is 10.0. The van der Waals surface area contributed by atoms with Crippen LogP contribution < -0.4 is 120 Å². The van der Waals surface area contributed by atoms with Crippen LogP contribution in [0.4, 0.5) is 0 Å². The highest BCUT2D eigenvalue weighted by molar-refractivity contribution is 7.16. The number of hydrogen-bond acceptors (Lipinski definition) is 35. The lowest BCUT2D eigenvalue weighted by Crippen LogP contribution is -2.35. The highest BCUT2D eigenvalue weighted by Crippen LogP contribution is 2.39. The molecule has 9 aromatic heterocycles. The number of amides is 9. The van der Waals surface area contributed by atoms with Gasteiger partial charge in [-0.15, -0.1) is 102 Å². The third-order valence-electron chi connectivity index (χ3n) is 20.8. The smallest absolute Gasteiger partial charge is 0.263 e. The monoisotopic (exact) mass is 2080 g/mol. The standard InChI is InChI=1S/C83H121N37O10S9/c1-32(51-60(69(84)122)131-39(8)110-51)103-70(123)63-54(118-48(137-63)23-17-29-100-81(91)92)36(5)107-74(127)67-58(114-43(12)135-67)46(21-15-27-98-79(87)88)116-77(130)62-53(112-41(10)133-62)34(3)105-72(125)65-56(120-50(139-65)25-19-31-102-83(95)96)37(6)108-75(128)68-59(115-44(13)136-68)47(22-16-28-99-80(89)90)117-76(129)61-52(111-40(9)132-61)33(2)104-71(124)64-55(119-49(138-64)24-18-30-101-82(93)94)35(4)106-73(126)66-57(113-42(11)134-66)45(109-38(7)121)20-14-26-97-78(85)86/h32-37,45-47,77,116,130H,14-31H2,1-13H3,(H2,84,122)(H,103,123)(H,104,124)(H,105,125)(H,106,126)(H,107,127)(H,108,128)(H,109,121)(H,117,129)(H4,85,86,97)(H4,87,88,98)(H4,89,90,99)(H4,91,92,100)(H4,93,94,101)(H4,95,96,102)/t32-,33-,34-,35-,36-,37-,45-,46-,47-,77?/m0/s1. The van der Waals surface area contributed by atoms with Gasteiger partial charge < -0.3 is 120 Å². The van der Waals surface area contributed by atoms with Crippen LogP contribution in [0.2, 0.25) is 0 Å². The third-order valence-corrected chi connectivity index (χ3v) is 30.2. The molecule has 0 saturated carbocycles. The molecule has 36 N–H and O–H groups in total. The van der Waals surface area contributed by atoms with Crippen molar-refractivity contribution in [1.29, 1.82) is 32.5 Å². The Morgan fingerprint density at radius 1 is 0.288 bits per heavy atom. The predicted molar refractivity (Wildman–Crippen MR) is 541 cm³/mol. The number of nitrogens with one attached hydrogen (secondary N) is 21. The molecule has 10 atom stereocenters. The van der Waals surface area contributed by atoms with Crippen molar-refractivity contribution < 1.29 is 48.3 Å². The highest BCUT2D eigenvalue weighted by Gasteiger charge is 2.38. The minimum absolute atomic E-state index is 0.102. The van der Waals surface area contributed by atoms with Crippen molar-refractivity contribution in [2.75, 3.05) is 39.3 Å². The molecule has 9 heterocycles. The summed E-state index contributed by atoms with van der Waals surface area (Å²) in [6.07, 6.45) is 2.67. The molecular weight excluding hydrogens is 1960 g/mol. The van der Waals surface area contributed by atoms with Crippen LogP contribution in [0.15, 0.2) is 0 Å². The second-order valence-electron chi connectivity index (χ2n) is 32.4. The SMILES string of the molecule is CC(=O)N[C@@H](CCCNC(=N)N)c1nc(C)sc1C(=O)N[C@@H](C)c1nc(CCCNC(=N)N)sc1C(=O)N[C@@H](C)c1nc(C)sc1C(=O)N[C@@H](CCCNC(=N)N)c1nc(C)sc1C(=O)N[C@@H](C)c1nc(CCCNC(=N)N)sc1C(=O)N[C@@H](C)c1nc(C)sc1C(O)N[C@@H](CCCNC(=N)N)c1nc(C)sc1C(=O)N[C@@H](C)c1nc(CCCNC(=N)N)sc1C(=O)N[C@@H](C)c1nc(C)sc1C(N)=O. The van der Waals surface area contributed by atoms with E-state index in [0.717, 1.165) is 102 Å². The molecule has 9 aromatic rings. The Balaban J connectivity index is 0.944. The van der Waals surface area contributed by atoms with Crippen LogP contribution in [0, 0.1) is 74.0 Å². The molecule has 0 bridgehead atoms. The van der Waals surface area contributed by atoms with Gasteiger partial charge in [-0.1, -0.05) is 0 Å². The number of carbonyl (C=O) groups is 9. The number of aromatic nitrogens is 9. The molecule has 9 amide bonds. The van der Waals surface area contributed by atoms with Gasteiger partial charge in [0.1, 0.15) is 45.2 Å². The minimum Gasteiger partial charge on any atom is -0.373 e. The number of guanidine groups is 6. The van der Waals surface area contributed by atoms with Gasteiger partial charge in [-0.25, -0.2) is 44.9 Å². The molecule has 0 spiro atoms. The molecule has 9 rings (SSSR count). The first kappa shape index (κ1) is 110. The van der Waals surface area contributed by atoms with E-state index >= 15 is 14.4 Å². The van der Waals surface area contributed by atoms with E-state index in [1.165, 1.54) is 6.92 Å². The van der Waals surface area contributed by atoms with E-state index in [-0.39, 0.29) is 159 Å². The van der Waals surface area contributed by atoms with Gasteiger partial charge >= 0.3 is 0 Å². The maximum Gasteiger partial charge on any atom is 0.263 e. The van der Waals surface area contributed by atoms with E-state index in [1.807, 2.05) is 0 Å². The Morgan fingerprint density at radius 2 is 0.511 bits per heavy atom. The minimum atomic E-state index is -1.53. The molecule has 0 radical (unpaired) electrons. The second-order valence-corrected chi connectivity index (χ2v) is 42.9. The fourth-order valence-corrected chi connectivity index (χ4v) is 23.4. The largest absolute Gasteiger partial charge is 0.373 e. The van der Waals surface area contributed by atoms with Crippen LogP contribution >= 0.6 is 102 Å². The van der Waals surface area contributed by atoms with Crippen molar-refractivity contribution in [2.24, 2.45) is 40.1 Å². The quantitative estimate of drug-likeness (QED) is 0.00941. The second kappa shape index (κ2) is 51.4. The Labute approximate surface area is 837 Å². The fraction of sp³-hybridized carbons (Fsp3) is 0.494. The molecule has 0 aliphatic carbocycles. The molecule has 0 aromatic carbocycles. The number of nitrogens with zero attached hydrogens (tertiary/aromatic N) is 9. The van der Waals surface area contributed by atoms with E-state index in [9.17, 15) is 33.9 Å². The number of aryl methyl sites for hydroxylation is 9. The van der Waals surface area contributed by atoms with Gasteiger partial charge in [0.25, 0.3) is 47.3 Å². The van der Waals surface area contributed by atoms with Gasteiger partial charge in [0.05, 0.1) is 156 Å². The summed E-state index contributed by atoms with van der Waals surface area (Å²) in [5.74, 6) is -6.72.